The summed E-state index contributed by atoms with van der Waals surface area (Å²) < 4.78 is 11.5. The molecule has 1 aromatic heterocycles. The minimum absolute atomic E-state index is 0.0484. The average molecular weight is 419 g/mol. The van der Waals surface area contributed by atoms with Gasteiger partial charge in [-0.2, -0.15) is 0 Å². The van der Waals surface area contributed by atoms with Crippen LogP contribution >= 0.6 is 0 Å². The topological polar surface area (TPSA) is 44.2 Å². The van der Waals surface area contributed by atoms with Gasteiger partial charge in [-0.1, -0.05) is 75.2 Å². The van der Waals surface area contributed by atoms with Crippen molar-refractivity contribution in [3.63, 3.8) is 0 Å². The molecule has 0 aliphatic rings. The molecule has 164 valence electrons. The Labute approximate surface area is 186 Å². The third kappa shape index (κ3) is 6.90. The second kappa shape index (κ2) is 12.2. The molecule has 0 saturated heterocycles. The van der Waals surface area contributed by atoms with E-state index in [0.29, 0.717) is 18.2 Å². The molecule has 1 heterocycles. The maximum absolute atomic E-state index is 5.80. The highest BCUT2D eigenvalue weighted by Gasteiger charge is 2.10. The highest BCUT2D eigenvalue weighted by molar-refractivity contribution is 5.80. The maximum Gasteiger partial charge on any atom is 0.159 e. The molecule has 4 heteroatoms. The van der Waals surface area contributed by atoms with Gasteiger partial charge < -0.3 is 9.47 Å². The zero-order chi connectivity index (χ0) is 21.9. The molecule has 3 rings (SSSR count). The van der Waals surface area contributed by atoms with E-state index in [1.54, 1.807) is 12.4 Å². The molecule has 0 amide bonds. The van der Waals surface area contributed by atoms with Crippen molar-refractivity contribution in [3.8, 4) is 28.3 Å². The van der Waals surface area contributed by atoms with Crippen LogP contribution in [0.15, 0.2) is 60.9 Å². The first-order valence-electron chi connectivity index (χ1n) is 11.5. The van der Waals surface area contributed by atoms with Crippen molar-refractivity contribution in [1.29, 1.82) is 0 Å². The van der Waals surface area contributed by atoms with Gasteiger partial charge in [0.15, 0.2) is 11.6 Å². The minimum atomic E-state index is 0.0484. The molecule has 0 saturated carbocycles. The number of ether oxygens (including phenoxy) is 2. The summed E-state index contributed by atoms with van der Waals surface area (Å²) in [5.41, 5.74) is 4.72. The largest absolute Gasteiger partial charge is 0.488 e. The first-order valence-corrected chi connectivity index (χ1v) is 11.5. The van der Waals surface area contributed by atoms with Gasteiger partial charge >= 0.3 is 0 Å². The van der Waals surface area contributed by atoms with Crippen molar-refractivity contribution in [2.75, 3.05) is 13.2 Å². The second-order valence-electron chi connectivity index (χ2n) is 7.93. The van der Waals surface area contributed by atoms with Crippen LogP contribution in [0.2, 0.25) is 0 Å². The van der Waals surface area contributed by atoms with E-state index >= 15 is 0 Å². The third-order valence-corrected chi connectivity index (χ3v) is 5.27. The number of benzene rings is 2. The van der Waals surface area contributed by atoms with Crippen LogP contribution < -0.4 is 4.74 Å². The predicted octanol–water partition coefficient (Wildman–Crippen LogP) is 6.74. The molecule has 0 aliphatic carbocycles. The Morgan fingerprint density at radius 1 is 0.839 bits per heavy atom. The molecular weight excluding hydrogens is 384 g/mol. The molecule has 0 N–H and O–H groups in total. The number of aromatic nitrogens is 2. The lowest BCUT2D eigenvalue weighted by Gasteiger charge is -2.14. The SMILES string of the molecule is CCCCO[C@@H](C)COc1cnc(-c2ccccc2-c2ccc(CCCC)cc2)nc1. The predicted molar refractivity (Wildman–Crippen MR) is 127 cm³/mol. The van der Waals surface area contributed by atoms with Crippen molar-refractivity contribution in [2.45, 2.75) is 59.0 Å². The summed E-state index contributed by atoms with van der Waals surface area (Å²) in [6, 6.07) is 17.1. The van der Waals surface area contributed by atoms with Gasteiger partial charge in [0.2, 0.25) is 0 Å². The van der Waals surface area contributed by atoms with E-state index in [1.165, 1.54) is 24.0 Å². The van der Waals surface area contributed by atoms with Gasteiger partial charge in [-0.25, -0.2) is 9.97 Å². The lowest BCUT2D eigenvalue weighted by atomic mass is 9.97. The van der Waals surface area contributed by atoms with Gasteiger partial charge in [0.1, 0.15) is 6.61 Å². The molecule has 0 bridgehead atoms. The second-order valence-corrected chi connectivity index (χ2v) is 7.93. The standard InChI is InChI=1S/C27H34N2O2/c1-4-6-10-22-13-15-23(16-14-22)25-11-8-9-12-26(25)27-28-18-24(19-29-27)31-20-21(3)30-17-7-5-2/h8-9,11-16,18-19,21H,4-7,10,17,20H2,1-3H3/t21-/m0/s1. The van der Waals surface area contributed by atoms with Crippen LogP contribution in [-0.4, -0.2) is 29.3 Å². The van der Waals surface area contributed by atoms with Gasteiger partial charge in [0.05, 0.1) is 18.5 Å². The summed E-state index contributed by atoms with van der Waals surface area (Å²) in [6.07, 6.45) is 9.31. The van der Waals surface area contributed by atoms with Crippen molar-refractivity contribution in [2.24, 2.45) is 0 Å². The monoisotopic (exact) mass is 418 g/mol. The Balaban J connectivity index is 1.68. The fourth-order valence-corrected chi connectivity index (χ4v) is 3.38. The third-order valence-electron chi connectivity index (χ3n) is 5.27. The van der Waals surface area contributed by atoms with Crippen LogP contribution in [0.5, 0.6) is 5.75 Å². The molecule has 2 aromatic carbocycles. The number of hydrogen-bond acceptors (Lipinski definition) is 4. The Morgan fingerprint density at radius 3 is 2.19 bits per heavy atom. The van der Waals surface area contributed by atoms with Crippen molar-refractivity contribution in [3.05, 3.63) is 66.5 Å². The molecule has 0 radical (unpaired) electrons. The molecule has 0 unspecified atom stereocenters. The maximum atomic E-state index is 5.80. The van der Waals surface area contributed by atoms with Crippen LogP contribution in [0.1, 0.15) is 52.0 Å². The van der Waals surface area contributed by atoms with E-state index in [9.17, 15) is 0 Å². The molecule has 4 nitrogen and oxygen atoms in total. The molecule has 1 atom stereocenters. The zero-order valence-corrected chi connectivity index (χ0v) is 19.0. The minimum Gasteiger partial charge on any atom is -0.488 e. The summed E-state index contributed by atoms with van der Waals surface area (Å²) in [5, 5.41) is 0. The molecule has 0 aliphatic heterocycles. The zero-order valence-electron chi connectivity index (χ0n) is 19.0. The van der Waals surface area contributed by atoms with E-state index < -0.39 is 0 Å². The van der Waals surface area contributed by atoms with Crippen LogP contribution in [0.4, 0.5) is 0 Å². The summed E-state index contributed by atoms with van der Waals surface area (Å²) in [6.45, 7) is 7.67. The highest BCUT2D eigenvalue weighted by atomic mass is 16.5. The molecule has 31 heavy (non-hydrogen) atoms. The van der Waals surface area contributed by atoms with Crippen molar-refractivity contribution in [1.82, 2.24) is 9.97 Å². The Bertz CT molecular complexity index is 907. The molecule has 0 spiro atoms. The Hall–Kier alpha value is -2.72. The number of rotatable bonds is 12. The van der Waals surface area contributed by atoms with Crippen LogP contribution in [0.25, 0.3) is 22.5 Å². The van der Waals surface area contributed by atoms with Crippen LogP contribution in [0.3, 0.4) is 0 Å². The summed E-state index contributed by atoms with van der Waals surface area (Å²) >= 11 is 0. The van der Waals surface area contributed by atoms with E-state index in [1.807, 2.05) is 13.0 Å². The van der Waals surface area contributed by atoms with Crippen molar-refractivity contribution < 1.29 is 9.47 Å². The number of nitrogens with zero attached hydrogens (tertiary/aromatic N) is 2. The van der Waals surface area contributed by atoms with Gasteiger partial charge in [-0.15, -0.1) is 0 Å². The number of unbranched alkanes of at least 4 members (excludes halogenated alkanes) is 2. The highest BCUT2D eigenvalue weighted by Crippen LogP contribution is 2.30. The van der Waals surface area contributed by atoms with Gasteiger partial charge in [-0.3, -0.25) is 0 Å². The lowest BCUT2D eigenvalue weighted by Crippen LogP contribution is -2.18. The van der Waals surface area contributed by atoms with Crippen molar-refractivity contribution >= 4 is 0 Å². The summed E-state index contributed by atoms with van der Waals surface area (Å²) in [5.74, 6) is 1.36. The fraction of sp³-hybridized carbons (Fsp3) is 0.407. The Morgan fingerprint density at radius 2 is 1.52 bits per heavy atom. The fourth-order valence-electron chi connectivity index (χ4n) is 3.38. The first kappa shape index (κ1) is 23.0. The van der Waals surface area contributed by atoms with Gasteiger partial charge in [0, 0.05) is 12.2 Å². The average Bonchev–Trinajstić information content (AvgIpc) is 2.82. The summed E-state index contributed by atoms with van der Waals surface area (Å²) in [4.78, 5) is 9.14. The number of aryl methyl sites for hydroxylation is 1. The molecular formula is C27H34N2O2. The van der Waals surface area contributed by atoms with E-state index in [0.717, 1.165) is 37.0 Å². The van der Waals surface area contributed by atoms with E-state index in [2.05, 4.69) is 66.3 Å². The van der Waals surface area contributed by atoms with Gasteiger partial charge in [-0.05, 0) is 42.9 Å². The van der Waals surface area contributed by atoms with Gasteiger partial charge in [0.25, 0.3) is 0 Å². The van der Waals surface area contributed by atoms with E-state index in [4.69, 9.17) is 9.47 Å². The smallest absolute Gasteiger partial charge is 0.159 e. The van der Waals surface area contributed by atoms with Crippen LogP contribution in [0, 0.1) is 0 Å². The lowest BCUT2D eigenvalue weighted by molar-refractivity contribution is 0.0307. The first-order chi connectivity index (χ1) is 15.2. The normalized spacial score (nSPS) is 12.0. The number of hydrogen-bond donors (Lipinski definition) is 0. The summed E-state index contributed by atoms with van der Waals surface area (Å²) in [7, 11) is 0. The molecule has 0 fully saturated rings. The van der Waals surface area contributed by atoms with E-state index in [-0.39, 0.29) is 6.10 Å². The van der Waals surface area contributed by atoms with Crippen LogP contribution in [-0.2, 0) is 11.2 Å². The molecule has 3 aromatic rings. The Kier molecular flexibility index (Phi) is 9.04. The quantitative estimate of drug-likeness (QED) is 0.306.